The molecule has 2 rings (SSSR count). The Morgan fingerprint density at radius 2 is 0.894 bits per heavy atom. The first kappa shape index (κ1) is 40.0. The van der Waals surface area contributed by atoms with E-state index in [-0.39, 0.29) is 33.6 Å². The van der Waals surface area contributed by atoms with Gasteiger partial charge in [-0.15, -0.1) is 0 Å². The van der Waals surface area contributed by atoms with E-state index in [9.17, 15) is 19.5 Å². The van der Waals surface area contributed by atoms with Gasteiger partial charge < -0.3 is 14.6 Å². The molecule has 0 saturated heterocycles. The third-order valence-corrected chi connectivity index (χ3v) is 8.56. The largest absolute Gasteiger partial charge is 0.507 e. The molecule has 0 bridgehead atoms. The predicted molar refractivity (Wildman–Crippen MR) is 192 cm³/mol. The van der Waals surface area contributed by atoms with Gasteiger partial charge in [0.2, 0.25) is 0 Å². The molecule has 6 nitrogen and oxygen atoms in total. The Bertz CT molecular complexity index is 1300. The second-order valence-electron chi connectivity index (χ2n) is 17.1. The van der Waals surface area contributed by atoms with E-state index in [1.165, 1.54) is 0 Å². The summed E-state index contributed by atoms with van der Waals surface area (Å²) in [7, 11) is 0. The van der Waals surface area contributed by atoms with Crippen LogP contribution >= 0.6 is 0 Å². The standard InChI is InChI=1S/C41H62O6/c1-38(2,3)31-23-28(24-32(30(31)27-42)39(4,5)6)17-19-35(43)46-21-15-13-14-16-22-47-36(44)20-18-29-25-33(40(7,8)9)37(45)34(26-29)41(10,11)12/h23-27,45H,13-22H2,1-12H3. The SMILES string of the molecule is CC(C)(C)c1cc(CCC(=O)OCCCCCCOC(=O)CCc2cc(C(C)(C)C)c(C=O)c(C(C)(C)C)c2)cc(C(C)(C)C)c1O. The van der Waals surface area contributed by atoms with Crippen molar-refractivity contribution in [2.75, 3.05) is 13.2 Å². The van der Waals surface area contributed by atoms with Gasteiger partial charge in [-0.2, -0.15) is 0 Å². The number of carbonyl (C=O) groups excluding carboxylic acids is 3. The molecule has 0 radical (unpaired) electrons. The zero-order chi connectivity index (χ0) is 35.8. The Kier molecular flexibility index (Phi) is 13.9. The lowest BCUT2D eigenvalue weighted by molar-refractivity contribution is -0.145. The second-order valence-corrected chi connectivity index (χ2v) is 17.1. The van der Waals surface area contributed by atoms with Crippen LogP contribution in [0.25, 0.3) is 0 Å². The molecule has 6 heteroatoms. The highest BCUT2D eigenvalue weighted by Crippen LogP contribution is 2.40. The average Bonchev–Trinajstić information content (AvgIpc) is 2.94. The maximum Gasteiger partial charge on any atom is 0.306 e. The highest BCUT2D eigenvalue weighted by molar-refractivity contribution is 5.81. The van der Waals surface area contributed by atoms with Crippen LogP contribution < -0.4 is 0 Å². The number of hydrogen-bond donors (Lipinski definition) is 1. The quantitative estimate of drug-likeness (QED) is 0.124. The molecule has 0 fully saturated rings. The average molecular weight is 651 g/mol. The number of rotatable bonds is 14. The van der Waals surface area contributed by atoms with Gasteiger partial charge in [0.15, 0.2) is 6.29 Å². The first-order valence-electron chi connectivity index (χ1n) is 17.4. The minimum atomic E-state index is -0.217. The molecule has 262 valence electrons. The molecule has 0 unspecified atom stereocenters. The highest BCUT2D eigenvalue weighted by atomic mass is 16.5. The summed E-state index contributed by atoms with van der Waals surface area (Å²) in [5, 5.41) is 10.9. The van der Waals surface area contributed by atoms with Crippen molar-refractivity contribution in [2.24, 2.45) is 0 Å². The number of phenolic OH excluding ortho intramolecular Hbond substituents is 1. The molecular formula is C41H62O6. The Morgan fingerprint density at radius 3 is 1.19 bits per heavy atom. The van der Waals surface area contributed by atoms with E-state index in [2.05, 4.69) is 95.2 Å². The summed E-state index contributed by atoms with van der Waals surface area (Å²) in [6.07, 6.45) is 6.00. The van der Waals surface area contributed by atoms with Crippen molar-refractivity contribution >= 4 is 18.2 Å². The fourth-order valence-electron chi connectivity index (χ4n) is 5.77. The second kappa shape index (κ2) is 16.3. The van der Waals surface area contributed by atoms with E-state index < -0.39 is 0 Å². The van der Waals surface area contributed by atoms with Gasteiger partial charge in [0, 0.05) is 18.4 Å². The van der Waals surface area contributed by atoms with Gasteiger partial charge in [0.25, 0.3) is 0 Å². The molecule has 2 aromatic carbocycles. The molecule has 0 aromatic heterocycles. The third kappa shape index (κ3) is 12.4. The summed E-state index contributed by atoms with van der Waals surface area (Å²) in [6, 6.07) is 8.17. The monoisotopic (exact) mass is 650 g/mol. The van der Waals surface area contributed by atoms with Crippen LogP contribution in [0.4, 0.5) is 0 Å². The number of hydrogen-bond acceptors (Lipinski definition) is 6. The minimum Gasteiger partial charge on any atom is -0.507 e. The predicted octanol–water partition coefficient (Wildman–Crippen LogP) is 9.61. The smallest absolute Gasteiger partial charge is 0.306 e. The maximum absolute atomic E-state index is 12.5. The van der Waals surface area contributed by atoms with Crippen LogP contribution in [0.15, 0.2) is 24.3 Å². The van der Waals surface area contributed by atoms with Gasteiger partial charge in [-0.3, -0.25) is 14.4 Å². The summed E-state index contributed by atoms with van der Waals surface area (Å²) in [4.78, 5) is 37.0. The Labute approximate surface area is 285 Å². The van der Waals surface area contributed by atoms with E-state index in [0.29, 0.717) is 44.6 Å². The Balaban J connectivity index is 1.73. The number of phenols is 1. The molecule has 0 aliphatic rings. The van der Waals surface area contributed by atoms with Crippen molar-refractivity contribution in [1.82, 2.24) is 0 Å². The Hall–Kier alpha value is -3.15. The number of aryl methyl sites for hydroxylation is 2. The van der Waals surface area contributed by atoms with Crippen LogP contribution in [0, 0.1) is 0 Å². The number of unbranched alkanes of at least 4 members (excludes halogenated alkanes) is 3. The van der Waals surface area contributed by atoms with Crippen molar-refractivity contribution in [3.8, 4) is 5.75 Å². The fourth-order valence-corrected chi connectivity index (χ4v) is 5.77. The van der Waals surface area contributed by atoms with E-state index in [4.69, 9.17) is 9.47 Å². The number of carbonyl (C=O) groups is 3. The summed E-state index contributed by atoms with van der Waals surface area (Å²) < 4.78 is 11.0. The van der Waals surface area contributed by atoms with Crippen LogP contribution in [-0.4, -0.2) is 36.5 Å². The van der Waals surface area contributed by atoms with E-state index in [0.717, 1.165) is 70.9 Å². The summed E-state index contributed by atoms with van der Waals surface area (Å²) >= 11 is 0. The van der Waals surface area contributed by atoms with Crippen LogP contribution in [0.1, 0.15) is 165 Å². The topological polar surface area (TPSA) is 89.9 Å². The van der Waals surface area contributed by atoms with Crippen molar-refractivity contribution in [3.05, 3.63) is 63.2 Å². The first-order chi connectivity index (χ1) is 21.6. The lowest BCUT2D eigenvalue weighted by atomic mass is 9.75. The molecule has 2 aromatic rings. The molecule has 1 N–H and O–H groups in total. The zero-order valence-electron chi connectivity index (χ0n) is 31.4. The zero-order valence-corrected chi connectivity index (χ0v) is 31.4. The number of aldehydes is 1. The van der Waals surface area contributed by atoms with E-state index in [1.807, 2.05) is 12.1 Å². The van der Waals surface area contributed by atoms with Crippen LogP contribution in [-0.2, 0) is 53.6 Å². The van der Waals surface area contributed by atoms with Crippen LogP contribution in [0.5, 0.6) is 5.75 Å². The molecule has 47 heavy (non-hydrogen) atoms. The van der Waals surface area contributed by atoms with Gasteiger partial charge in [0.1, 0.15) is 5.75 Å². The molecule has 0 atom stereocenters. The number of esters is 2. The summed E-state index contributed by atoms with van der Waals surface area (Å²) in [6.45, 7) is 25.9. The molecule has 0 aliphatic carbocycles. The number of aromatic hydroxyl groups is 1. The van der Waals surface area contributed by atoms with E-state index in [1.54, 1.807) is 0 Å². The van der Waals surface area contributed by atoms with Crippen molar-refractivity contribution < 1.29 is 29.0 Å². The Morgan fingerprint density at radius 1 is 0.574 bits per heavy atom. The first-order valence-corrected chi connectivity index (χ1v) is 17.4. The van der Waals surface area contributed by atoms with Gasteiger partial charge in [-0.1, -0.05) is 107 Å². The molecule has 0 heterocycles. The lowest BCUT2D eigenvalue weighted by Gasteiger charge is -2.29. The summed E-state index contributed by atoms with van der Waals surface area (Å²) in [5.41, 5.74) is 5.85. The molecular weight excluding hydrogens is 588 g/mol. The number of ether oxygens (including phenoxy) is 2. The van der Waals surface area contributed by atoms with Crippen molar-refractivity contribution in [2.45, 2.75) is 156 Å². The normalized spacial score (nSPS) is 12.6. The fraction of sp³-hybridized carbons (Fsp3) is 0.634. The van der Waals surface area contributed by atoms with Gasteiger partial charge in [-0.05, 0) is 93.6 Å². The lowest BCUT2D eigenvalue weighted by Crippen LogP contribution is -2.22. The molecule has 0 spiro atoms. The van der Waals surface area contributed by atoms with Crippen molar-refractivity contribution in [1.29, 1.82) is 0 Å². The van der Waals surface area contributed by atoms with Gasteiger partial charge >= 0.3 is 11.9 Å². The van der Waals surface area contributed by atoms with E-state index >= 15 is 0 Å². The highest BCUT2D eigenvalue weighted by Gasteiger charge is 2.28. The maximum atomic E-state index is 12.5. The minimum absolute atomic E-state index is 0.189. The van der Waals surface area contributed by atoms with Gasteiger partial charge in [0.05, 0.1) is 13.2 Å². The van der Waals surface area contributed by atoms with Crippen LogP contribution in [0.2, 0.25) is 0 Å². The molecule has 0 amide bonds. The van der Waals surface area contributed by atoms with Crippen molar-refractivity contribution in [3.63, 3.8) is 0 Å². The number of benzene rings is 2. The molecule has 0 aliphatic heterocycles. The van der Waals surface area contributed by atoms with Gasteiger partial charge in [-0.25, -0.2) is 0 Å². The molecule has 0 saturated carbocycles. The third-order valence-electron chi connectivity index (χ3n) is 8.56. The summed E-state index contributed by atoms with van der Waals surface area (Å²) in [5.74, 6) is -0.0877. The van der Waals surface area contributed by atoms with Crippen LogP contribution in [0.3, 0.4) is 0 Å².